The van der Waals surface area contributed by atoms with Gasteiger partial charge in [0.25, 0.3) is 0 Å². The third-order valence-electron chi connectivity index (χ3n) is 4.27. The Labute approximate surface area is 125 Å². The van der Waals surface area contributed by atoms with Gasteiger partial charge < -0.3 is 10.4 Å². The van der Waals surface area contributed by atoms with Gasteiger partial charge in [0.15, 0.2) is 0 Å². The zero-order valence-electron chi connectivity index (χ0n) is 12.5. The van der Waals surface area contributed by atoms with Crippen molar-refractivity contribution in [2.75, 3.05) is 18.4 Å². The zero-order valence-corrected chi connectivity index (χ0v) is 12.5. The standard InChI is InChI=1S/C16H23N3O2/c1-2-3-12-8-11(16(20)21)9-15(17-12)18-13-6-7-19(10-13)14-4-5-14/h8-9,13-14H,2-7,10H2,1H3,(H,17,18)(H,20,21). The molecule has 1 saturated heterocycles. The first-order chi connectivity index (χ1) is 10.2. The van der Waals surface area contributed by atoms with Crippen LogP contribution < -0.4 is 5.32 Å². The van der Waals surface area contributed by atoms with Crippen molar-refractivity contribution >= 4 is 11.8 Å². The molecule has 1 aromatic rings. The van der Waals surface area contributed by atoms with Crippen LogP contribution in [0.25, 0.3) is 0 Å². The minimum Gasteiger partial charge on any atom is -0.478 e. The summed E-state index contributed by atoms with van der Waals surface area (Å²) in [6.07, 6.45) is 5.56. The molecular formula is C16H23N3O2. The number of anilines is 1. The molecule has 1 saturated carbocycles. The summed E-state index contributed by atoms with van der Waals surface area (Å²) in [5.41, 5.74) is 1.19. The molecule has 0 aromatic carbocycles. The lowest BCUT2D eigenvalue weighted by molar-refractivity contribution is 0.0696. The van der Waals surface area contributed by atoms with Crippen LogP contribution in [-0.2, 0) is 6.42 Å². The molecule has 0 radical (unpaired) electrons. The molecule has 2 N–H and O–H groups in total. The number of rotatable bonds is 6. The Bertz CT molecular complexity index is 528. The second-order valence-corrected chi connectivity index (χ2v) is 6.14. The fourth-order valence-electron chi connectivity index (χ4n) is 3.05. The quantitative estimate of drug-likeness (QED) is 0.841. The third kappa shape index (κ3) is 3.53. The molecule has 1 aromatic heterocycles. The van der Waals surface area contributed by atoms with Crippen molar-refractivity contribution in [3.8, 4) is 0 Å². The van der Waals surface area contributed by atoms with Crippen molar-refractivity contribution in [1.82, 2.24) is 9.88 Å². The predicted molar refractivity (Wildman–Crippen MR) is 81.8 cm³/mol. The molecule has 1 aliphatic carbocycles. The van der Waals surface area contributed by atoms with Gasteiger partial charge in [-0.1, -0.05) is 13.3 Å². The van der Waals surface area contributed by atoms with Crippen molar-refractivity contribution in [3.05, 3.63) is 23.4 Å². The van der Waals surface area contributed by atoms with Crippen LogP contribution in [0.4, 0.5) is 5.82 Å². The Morgan fingerprint density at radius 3 is 2.90 bits per heavy atom. The summed E-state index contributed by atoms with van der Waals surface area (Å²) in [4.78, 5) is 18.3. The minimum absolute atomic E-state index is 0.327. The van der Waals surface area contributed by atoms with Gasteiger partial charge in [0.1, 0.15) is 5.82 Å². The number of hydrogen-bond donors (Lipinski definition) is 2. The van der Waals surface area contributed by atoms with Crippen LogP contribution in [0, 0.1) is 0 Å². The summed E-state index contributed by atoms with van der Waals surface area (Å²) in [7, 11) is 0. The normalized spacial score (nSPS) is 22.4. The lowest BCUT2D eigenvalue weighted by Crippen LogP contribution is -2.28. The van der Waals surface area contributed by atoms with E-state index in [4.69, 9.17) is 0 Å². The average Bonchev–Trinajstić information content (AvgIpc) is 3.20. The molecule has 21 heavy (non-hydrogen) atoms. The lowest BCUT2D eigenvalue weighted by Gasteiger charge is -2.17. The van der Waals surface area contributed by atoms with E-state index in [9.17, 15) is 9.90 Å². The van der Waals surface area contributed by atoms with Crippen LogP contribution in [0.2, 0.25) is 0 Å². The number of carboxylic acids is 1. The number of nitrogens with one attached hydrogen (secondary N) is 1. The number of carboxylic acid groups (broad SMARTS) is 1. The number of aryl methyl sites for hydroxylation is 1. The smallest absolute Gasteiger partial charge is 0.335 e. The van der Waals surface area contributed by atoms with Gasteiger partial charge in [-0.05, 0) is 37.8 Å². The molecule has 0 bridgehead atoms. The maximum Gasteiger partial charge on any atom is 0.335 e. The molecule has 3 rings (SSSR count). The summed E-state index contributed by atoms with van der Waals surface area (Å²) in [5.74, 6) is -0.176. The second kappa shape index (κ2) is 6.02. The Hall–Kier alpha value is -1.62. The van der Waals surface area contributed by atoms with Gasteiger partial charge in [-0.15, -0.1) is 0 Å². The van der Waals surface area contributed by atoms with E-state index >= 15 is 0 Å². The average molecular weight is 289 g/mol. The van der Waals surface area contributed by atoms with Crippen LogP contribution in [0.15, 0.2) is 12.1 Å². The SMILES string of the molecule is CCCc1cc(C(=O)O)cc(NC2CCN(C3CC3)C2)n1. The summed E-state index contributed by atoms with van der Waals surface area (Å²) >= 11 is 0. The number of nitrogens with zero attached hydrogens (tertiary/aromatic N) is 2. The number of aromatic carboxylic acids is 1. The Balaban J connectivity index is 1.70. The first-order valence-electron chi connectivity index (χ1n) is 7.90. The summed E-state index contributed by atoms with van der Waals surface area (Å²) in [5, 5.41) is 12.7. The summed E-state index contributed by atoms with van der Waals surface area (Å²) < 4.78 is 0. The highest BCUT2D eigenvalue weighted by atomic mass is 16.4. The van der Waals surface area contributed by atoms with Gasteiger partial charge in [-0.3, -0.25) is 4.90 Å². The van der Waals surface area contributed by atoms with Gasteiger partial charge in [0.2, 0.25) is 0 Å². The summed E-state index contributed by atoms with van der Waals surface area (Å²) in [6, 6.07) is 4.52. The molecule has 5 nitrogen and oxygen atoms in total. The maximum absolute atomic E-state index is 11.2. The first-order valence-corrected chi connectivity index (χ1v) is 7.90. The molecule has 114 valence electrons. The van der Waals surface area contributed by atoms with Gasteiger partial charge in [0.05, 0.1) is 5.56 Å². The zero-order chi connectivity index (χ0) is 14.8. The lowest BCUT2D eigenvalue weighted by atomic mass is 10.1. The van der Waals surface area contributed by atoms with E-state index in [1.54, 1.807) is 12.1 Å². The maximum atomic E-state index is 11.2. The van der Waals surface area contributed by atoms with Gasteiger partial charge in [-0.2, -0.15) is 0 Å². The van der Waals surface area contributed by atoms with Crippen molar-refractivity contribution < 1.29 is 9.90 Å². The van der Waals surface area contributed by atoms with E-state index < -0.39 is 5.97 Å². The van der Waals surface area contributed by atoms with Crippen LogP contribution in [0.3, 0.4) is 0 Å². The largest absolute Gasteiger partial charge is 0.478 e. The highest BCUT2D eigenvalue weighted by molar-refractivity contribution is 5.88. The van der Waals surface area contributed by atoms with E-state index in [1.807, 2.05) is 0 Å². The van der Waals surface area contributed by atoms with Crippen LogP contribution in [-0.4, -0.2) is 46.1 Å². The minimum atomic E-state index is -0.885. The molecular weight excluding hydrogens is 266 g/mol. The number of hydrogen-bond acceptors (Lipinski definition) is 4. The predicted octanol–water partition coefficient (Wildman–Crippen LogP) is 2.38. The molecule has 0 spiro atoms. The highest BCUT2D eigenvalue weighted by Gasteiger charge is 2.34. The molecule has 1 unspecified atom stereocenters. The molecule has 2 fully saturated rings. The molecule has 2 heterocycles. The molecule has 5 heteroatoms. The van der Waals surface area contributed by atoms with Gasteiger partial charge in [0, 0.05) is 30.9 Å². The van der Waals surface area contributed by atoms with E-state index in [2.05, 4.69) is 22.1 Å². The van der Waals surface area contributed by atoms with Gasteiger partial charge >= 0.3 is 5.97 Å². The van der Waals surface area contributed by atoms with Crippen LogP contribution in [0.1, 0.15) is 48.7 Å². The van der Waals surface area contributed by atoms with E-state index in [0.717, 1.165) is 44.1 Å². The Morgan fingerprint density at radius 1 is 1.43 bits per heavy atom. The topological polar surface area (TPSA) is 65.5 Å². The molecule has 1 aliphatic heterocycles. The monoisotopic (exact) mass is 289 g/mol. The Morgan fingerprint density at radius 2 is 2.24 bits per heavy atom. The van der Waals surface area contributed by atoms with Crippen LogP contribution >= 0.6 is 0 Å². The third-order valence-corrected chi connectivity index (χ3v) is 4.27. The Kier molecular flexibility index (Phi) is 4.10. The van der Waals surface area contributed by atoms with Crippen molar-refractivity contribution in [2.45, 2.75) is 51.1 Å². The van der Waals surface area contributed by atoms with E-state index in [0.29, 0.717) is 17.4 Å². The number of carbonyl (C=O) groups is 1. The van der Waals surface area contributed by atoms with Crippen molar-refractivity contribution in [1.29, 1.82) is 0 Å². The van der Waals surface area contributed by atoms with E-state index in [-0.39, 0.29) is 0 Å². The van der Waals surface area contributed by atoms with E-state index in [1.165, 1.54) is 12.8 Å². The van der Waals surface area contributed by atoms with Crippen LogP contribution in [0.5, 0.6) is 0 Å². The number of pyridine rings is 1. The highest BCUT2D eigenvalue weighted by Crippen LogP contribution is 2.30. The first kappa shape index (κ1) is 14.3. The van der Waals surface area contributed by atoms with Gasteiger partial charge in [-0.25, -0.2) is 9.78 Å². The van der Waals surface area contributed by atoms with Crippen molar-refractivity contribution in [3.63, 3.8) is 0 Å². The molecule has 2 aliphatic rings. The molecule has 0 amide bonds. The number of likely N-dealkylation sites (tertiary alicyclic amines) is 1. The fourth-order valence-corrected chi connectivity index (χ4v) is 3.05. The number of aromatic nitrogens is 1. The fraction of sp³-hybridized carbons (Fsp3) is 0.625. The van der Waals surface area contributed by atoms with Crippen molar-refractivity contribution in [2.24, 2.45) is 0 Å². The second-order valence-electron chi connectivity index (χ2n) is 6.14. The molecule has 1 atom stereocenters. The summed E-state index contributed by atoms with van der Waals surface area (Å²) in [6.45, 7) is 4.27.